The quantitative estimate of drug-likeness (QED) is 0.714. The van der Waals surface area contributed by atoms with Crippen LogP contribution < -0.4 is 15.7 Å². The fourth-order valence-electron chi connectivity index (χ4n) is 1.73. The van der Waals surface area contributed by atoms with Crippen molar-refractivity contribution in [2.75, 3.05) is 5.43 Å². The number of halogens is 1. The maximum Gasteiger partial charge on any atom is 0.286 e. The minimum atomic E-state index is -0.219. The van der Waals surface area contributed by atoms with Gasteiger partial charge in [-0.05, 0) is 30.3 Å². The van der Waals surface area contributed by atoms with E-state index >= 15 is 0 Å². The highest BCUT2D eigenvalue weighted by Gasteiger charge is 1.98. The van der Waals surface area contributed by atoms with E-state index in [0.717, 1.165) is 15.9 Å². The van der Waals surface area contributed by atoms with Gasteiger partial charge in [0.25, 0.3) is 5.56 Å². The molecule has 0 saturated carbocycles. The summed E-state index contributed by atoms with van der Waals surface area (Å²) in [6.07, 6.45) is 0. The zero-order chi connectivity index (χ0) is 13.9. The Kier molecular flexibility index (Phi) is 3.54. The van der Waals surface area contributed by atoms with Crippen LogP contribution in [0.25, 0.3) is 10.2 Å². The second-order valence-electron chi connectivity index (χ2n) is 4.09. The van der Waals surface area contributed by atoms with Gasteiger partial charge in [0, 0.05) is 5.02 Å². The van der Waals surface area contributed by atoms with Gasteiger partial charge >= 0.3 is 0 Å². The van der Waals surface area contributed by atoms with Crippen LogP contribution in [0.4, 0.5) is 5.69 Å². The first-order valence-electron chi connectivity index (χ1n) is 5.90. The van der Waals surface area contributed by atoms with Crippen molar-refractivity contribution < 1.29 is 0 Å². The Labute approximate surface area is 123 Å². The maximum atomic E-state index is 11.9. The van der Waals surface area contributed by atoms with E-state index in [4.69, 9.17) is 11.6 Å². The van der Waals surface area contributed by atoms with Crippen LogP contribution in [0.5, 0.6) is 0 Å². The summed E-state index contributed by atoms with van der Waals surface area (Å²) in [4.78, 5) is 14.7. The zero-order valence-electron chi connectivity index (χ0n) is 10.3. The van der Waals surface area contributed by atoms with Gasteiger partial charge in [-0.1, -0.05) is 29.8 Å². The molecular formula is C14H10ClN3OS. The van der Waals surface area contributed by atoms with Gasteiger partial charge in [-0.3, -0.25) is 10.2 Å². The maximum absolute atomic E-state index is 11.9. The van der Waals surface area contributed by atoms with Gasteiger partial charge in [0.2, 0.25) is 4.67 Å². The van der Waals surface area contributed by atoms with Crippen LogP contribution in [0, 0.1) is 0 Å². The minimum absolute atomic E-state index is 0.219. The summed E-state index contributed by atoms with van der Waals surface area (Å²) in [7, 11) is 0. The number of nitrogens with zero attached hydrogens (tertiary/aromatic N) is 1. The molecule has 100 valence electrons. The first-order chi connectivity index (χ1) is 9.72. The Morgan fingerprint density at radius 2 is 2.00 bits per heavy atom. The van der Waals surface area contributed by atoms with Crippen molar-refractivity contribution in [1.82, 2.24) is 4.98 Å². The molecule has 0 aliphatic rings. The van der Waals surface area contributed by atoms with E-state index in [2.05, 4.69) is 15.5 Å². The molecule has 0 unspecified atom stereocenters. The Hall–Kier alpha value is -2.11. The van der Waals surface area contributed by atoms with Crippen LogP contribution in [0.3, 0.4) is 0 Å². The fourth-order valence-corrected chi connectivity index (χ4v) is 2.74. The first-order valence-corrected chi connectivity index (χ1v) is 7.09. The average Bonchev–Trinajstić information content (AvgIpc) is 2.45. The number of hydrogen-bond donors (Lipinski definition) is 2. The van der Waals surface area contributed by atoms with Crippen LogP contribution in [0.1, 0.15) is 0 Å². The monoisotopic (exact) mass is 303 g/mol. The molecular weight excluding hydrogens is 294 g/mol. The third-order valence-electron chi connectivity index (χ3n) is 2.65. The normalized spacial score (nSPS) is 11.8. The van der Waals surface area contributed by atoms with Gasteiger partial charge in [-0.25, -0.2) is 0 Å². The first kappa shape index (κ1) is 12.9. The number of nitrogens with one attached hydrogen (secondary N) is 2. The second kappa shape index (κ2) is 5.48. The second-order valence-corrected chi connectivity index (χ2v) is 5.56. The third kappa shape index (κ3) is 2.74. The van der Waals surface area contributed by atoms with E-state index in [9.17, 15) is 4.79 Å². The highest BCUT2D eigenvalue weighted by atomic mass is 35.5. The molecule has 0 aliphatic heterocycles. The molecule has 0 amide bonds. The number of benzene rings is 2. The molecule has 3 rings (SSSR count). The lowest BCUT2D eigenvalue weighted by Crippen LogP contribution is -2.25. The smallest absolute Gasteiger partial charge is 0.286 e. The van der Waals surface area contributed by atoms with Gasteiger partial charge in [-0.15, -0.1) is 11.3 Å². The average molecular weight is 304 g/mol. The molecule has 0 aliphatic carbocycles. The molecule has 2 aromatic carbocycles. The van der Waals surface area contributed by atoms with Crippen molar-refractivity contribution in [2.24, 2.45) is 5.10 Å². The summed E-state index contributed by atoms with van der Waals surface area (Å²) in [5, 5.41) is 4.75. The summed E-state index contributed by atoms with van der Waals surface area (Å²) in [5.41, 5.74) is 4.16. The Morgan fingerprint density at radius 1 is 1.15 bits per heavy atom. The minimum Gasteiger partial charge on any atom is -0.319 e. The number of anilines is 1. The topological polar surface area (TPSA) is 57.2 Å². The number of aromatic nitrogens is 1. The van der Waals surface area contributed by atoms with E-state index in [-0.39, 0.29) is 5.56 Å². The number of fused-ring (bicyclic) bond motifs is 1. The van der Waals surface area contributed by atoms with Crippen molar-refractivity contribution in [3.63, 3.8) is 0 Å². The predicted molar refractivity (Wildman–Crippen MR) is 83.1 cm³/mol. The number of para-hydroxylation sites is 1. The molecule has 6 heteroatoms. The van der Waals surface area contributed by atoms with E-state index < -0.39 is 0 Å². The third-order valence-corrected chi connectivity index (χ3v) is 3.93. The van der Waals surface area contributed by atoms with Crippen molar-refractivity contribution in [1.29, 1.82) is 0 Å². The molecule has 0 radical (unpaired) electrons. The molecule has 0 fully saturated rings. The van der Waals surface area contributed by atoms with Crippen LogP contribution in [0.15, 0.2) is 58.4 Å². The summed E-state index contributed by atoms with van der Waals surface area (Å²) in [5.74, 6) is 0. The van der Waals surface area contributed by atoms with Crippen LogP contribution in [0.2, 0.25) is 5.02 Å². The molecule has 1 heterocycles. The summed E-state index contributed by atoms with van der Waals surface area (Å²) in [6, 6.07) is 14.8. The van der Waals surface area contributed by atoms with E-state index in [1.165, 1.54) is 11.3 Å². The zero-order valence-corrected chi connectivity index (χ0v) is 11.8. The Balaban J connectivity index is 2.03. The number of hydrogen-bond acceptors (Lipinski definition) is 4. The van der Waals surface area contributed by atoms with Gasteiger partial charge in [-0.2, -0.15) is 5.10 Å². The largest absolute Gasteiger partial charge is 0.319 e. The lowest BCUT2D eigenvalue weighted by Gasteiger charge is -2.00. The van der Waals surface area contributed by atoms with E-state index in [1.807, 2.05) is 36.4 Å². The SMILES string of the molecule is O=c1[nH]c2ccccc2s/c1=N/Nc1cccc(Cl)c1. The highest BCUT2D eigenvalue weighted by molar-refractivity contribution is 7.16. The molecule has 2 N–H and O–H groups in total. The van der Waals surface area contributed by atoms with E-state index in [0.29, 0.717) is 9.69 Å². The van der Waals surface area contributed by atoms with Crippen molar-refractivity contribution >= 4 is 38.8 Å². The van der Waals surface area contributed by atoms with Crippen molar-refractivity contribution in [2.45, 2.75) is 0 Å². The summed E-state index contributed by atoms with van der Waals surface area (Å²) >= 11 is 7.22. The molecule has 1 aromatic heterocycles. The fraction of sp³-hybridized carbons (Fsp3) is 0. The van der Waals surface area contributed by atoms with E-state index in [1.54, 1.807) is 12.1 Å². The van der Waals surface area contributed by atoms with Crippen molar-refractivity contribution in [3.8, 4) is 0 Å². The lowest BCUT2D eigenvalue weighted by molar-refractivity contribution is 1.18. The van der Waals surface area contributed by atoms with Gasteiger partial charge < -0.3 is 4.98 Å². The van der Waals surface area contributed by atoms with Crippen LogP contribution in [-0.2, 0) is 0 Å². The summed E-state index contributed by atoms with van der Waals surface area (Å²) in [6.45, 7) is 0. The van der Waals surface area contributed by atoms with Crippen molar-refractivity contribution in [3.05, 3.63) is 68.6 Å². The van der Waals surface area contributed by atoms with Gasteiger partial charge in [0.15, 0.2) is 0 Å². The highest BCUT2D eigenvalue weighted by Crippen LogP contribution is 2.14. The lowest BCUT2D eigenvalue weighted by atomic mass is 10.3. The van der Waals surface area contributed by atoms with Crippen LogP contribution in [-0.4, -0.2) is 4.98 Å². The predicted octanol–water partition coefficient (Wildman–Crippen LogP) is 3.17. The molecule has 3 aromatic rings. The molecule has 0 spiro atoms. The molecule has 0 bridgehead atoms. The molecule has 0 atom stereocenters. The molecule has 4 nitrogen and oxygen atoms in total. The Bertz CT molecular complexity index is 885. The number of H-pyrrole nitrogens is 1. The number of aromatic amines is 1. The summed E-state index contributed by atoms with van der Waals surface area (Å²) < 4.78 is 1.34. The van der Waals surface area contributed by atoms with Gasteiger partial charge in [0.1, 0.15) is 0 Å². The van der Waals surface area contributed by atoms with Crippen LogP contribution >= 0.6 is 22.9 Å². The Morgan fingerprint density at radius 3 is 2.85 bits per heavy atom. The molecule has 0 saturated heterocycles. The molecule has 20 heavy (non-hydrogen) atoms. The van der Waals surface area contributed by atoms with Gasteiger partial charge in [0.05, 0.1) is 15.9 Å². The number of rotatable bonds is 2. The standard InChI is InChI=1S/C14H10ClN3OS/c15-9-4-3-5-10(8-9)17-18-14-13(19)16-11-6-1-2-7-12(11)20-14/h1-8,17H,(H,16,19)/b18-14+.